The summed E-state index contributed by atoms with van der Waals surface area (Å²) in [6.07, 6.45) is 3.97. The van der Waals surface area contributed by atoms with E-state index in [0.29, 0.717) is 0 Å². The molecule has 0 aliphatic carbocycles. The number of pyridine rings is 1. The van der Waals surface area contributed by atoms with Crippen molar-refractivity contribution in [1.82, 2.24) is 9.38 Å². The van der Waals surface area contributed by atoms with Crippen LogP contribution in [0.4, 0.5) is 5.69 Å². The number of hydrogen-bond acceptors (Lipinski definition) is 2. The second kappa shape index (κ2) is 4.18. The Hall–Kier alpha value is -2.29. The normalized spacial score (nSPS) is 10.8. The highest BCUT2D eigenvalue weighted by molar-refractivity contribution is 5.65. The summed E-state index contributed by atoms with van der Waals surface area (Å²) in [6, 6.07) is 12.5. The van der Waals surface area contributed by atoms with Crippen LogP contribution in [-0.2, 0) is 0 Å². The molecular weight excluding hydrogens is 222 g/mol. The van der Waals surface area contributed by atoms with Gasteiger partial charge in [-0.1, -0.05) is 23.8 Å². The number of fused-ring (bicyclic) bond motifs is 1. The lowest BCUT2D eigenvalue weighted by Gasteiger charge is -2.05. The molecule has 2 aromatic heterocycles. The summed E-state index contributed by atoms with van der Waals surface area (Å²) in [4.78, 5) is 4.52. The summed E-state index contributed by atoms with van der Waals surface area (Å²) in [6.45, 7) is 2.10. The molecule has 0 spiro atoms. The zero-order valence-corrected chi connectivity index (χ0v) is 10.5. The van der Waals surface area contributed by atoms with Crippen molar-refractivity contribution in [2.75, 3.05) is 12.4 Å². The Bertz CT molecular complexity index is 698. The third kappa shape index (κ3) is 1.74. The van der Waals surface area contributed by atoms with Crippen molar-refractivity contribution in [1.29, 1.82) is 0 Å². The summed E-state index contributed by atoms with van der Waals surface area (Å²) in [7, 11) is 1.92. The van der Waals surface area contributed by atoms with Gasteiger partial charge in [0.15, 0.2) is 0 Å². The van der Waals surface area contributed by atoms with Crippen LogP contribution in [0.5, 0.6) is 0 Å². The lowest BCUT2D eigenvalue weighted by atomic mass is 10.1. The molecule has 0 fully saturated rings. The van der Waals surface area contributed by atoms with Crippen LogP contribution in [0.15, 0.2) is 48.8 Å². The lowest BCUT2D eigenvalue weighted by Crippen LogP contribution is -1.94. The van der Waals surface area contributed by atoms with Crippen LogP contribution in [0.2, 0.25) is 0 Å². The second-order valence-electron chi connectivity index (χ2n) is 4.41. The van der Waals surface area contributed by atoms with Gasteiger partial charge in [0.2, 0.25) is 0 Å². The molecule has 3 heteroatoms. The van der Waals surface area contributed by atoms with E-state index in [2.05, 4.69) is 64.2 Å². The Balaban J connectivity index is 2.22. The lowest BCUT2D eigenvalue weighted by molar-refractivity contribution is 1.16. The molecule has 0 saturated heterocycles. The fraction of sp³-hybridized carbons (Fsp3) is 0.133. The van der Waals surface area contributed by atoms with Crippen molar-refractivity contribution in [3.63, 3.8) is 0 Å². The van der Waals surface area contributed by atoms with Gasteiger partial charge in [0.1, 0.15) is 5.82 Å². The van der Waals surface area contributed by atoms with Crippen LogP contribution in [0.1, 0.15) is 5.56 Å². The molecule has 3 nitrogen and oxygen atoms in total. The predicted molar refractivity (Wildman–Crippen MR) is 74.9 cm³/mol. The van der Waals surface area contributed by atoms with E-state index in [1.807, 2.05) is 13.2 Å². The average Bonchev–Trinajstić information content (AvgIpc) is 2.81. The van der Waals surface area contributed by atoms with Crippen LogP contribution >= 0.6 is 0 Å². The molecule has 0 radical (unpaired) electrons. The number of nitrogens with one attached hydrogen (secondary N) is 1. The van der Waals surface area contributed by atoms with E-state index in [1.54, 1.807) is 0 Å². The summed E-state index contributed by atoms with van der Waals surface area (Å²) < 4.78 is 2.11. The van der Waals surface area contributed by atoms with E-state index in [4.69, 9.17) is 0 Å². The largest absolute Gasteiger partial charge is 0.387 e. The zero-order valence-electron chi connectivity index (χ0n) is 10.5. The molecule has 0 atom stereocenters. The first kappa shape index (κ1) is 10.8. The minimum Gasteiger partial charge on any atom is -0.387 e. The number of hydrogen-bond donors (Lipinski definition) is 1. The molecule has 18 heavy (non-hydrogen) atoms. The van der Waals surface area contributed by atoms with Gasteiger partial charge in [-0.25, -0.2) is 4.98 Å². The van der Waals surface area contributed by atoms with Crippen molar-refractivity contribution in [3.8, 4) is 11.4 Å². The molecule has 0 unspecified atom stereocenters. The molecule has 1 aromatic carbocycles. The highest BCUT2D eigenvalue weighted by atomic mass is 15.0. The maximum atomic E-state index is 4.52. The number of aryl methyl sites for hydroxylation is 1. The molecule has 1 N–H and O–H groups in total. The first-order valence-corrected chi connectivity index (χ1v) is 6.00. The van der Waals surface area contributed by atoms with E-state index < -0.39 is 0 Å². The van der Waals surface area contributed by atoms with Gasteiger partial charge < -0.3 is 5.32 Å². The molecule has 0 aliphatic rings. The van der Waals surface area contributed by atoms with Gasteiger partial charge in [0, 0.05) is 18.8 Å². The molecule has 0 amide bonds. The quantitative estimate of drug-likeness (QED) is 0.740. The highest BCUT2D eigenvalue weighted by Gasteiger charge is 2.06. The van der Waals surface area contributed by atoms with Gasteiger partial charge in [0.05, 0.1) is 17.4 Å². The molecule has 0 bridgehead atoms. The van der Waals surface area contributed by atoms with Crippen molar-refractivity contribution in [2.45, 2.75) is 6.92 Å². The van der Waals surface area contributed by atoms with Crippen LogP contribution in [0, 0.1) is 6.92 Å². The minimum atomic E-state index is 0.978. The monoisotopic (exact) mass is 237 g/mol. The summed E-state index contributed by atoms with van der Waals surface area (Å²) in [5.41, 5.74) is 4.57. The summed E-state index contributed by atoms with van der Waals surface area (Å²) in [5, 5.41) is 3.15. The Morgan fingerprint density at radius 2 is 2.06 bits per heavy atom. The second-order valence-corrected chi connectivity index (χ2v) is 4.41. The van der Waals surface area contributed by atoms with Crippen molar-refractivity contribution >= 4 is 11.2 Å². The van der Waals surface area contributed by atoms with Gasteiger partial charge in [-0.15, -0.1) is 0 Å². The Morgan fingerprint density at radius 1 is 1.17 bits per heavy atom. The van der Waals surface area contributed by atoms with Crippen molar-refractivity contribution in [2.24, 2.45) is 0 Å². The smallest absolute Gasteiger partial charge is 0.144 e. The van der Waals surface area contributed by atoms with Gasteiger partial charge >= 0.3 is 0 Å². The molecular formula is C15H15N3. The molecule has 0 aliphatic heterocycles. The van der Waals surface area contributed by atoms with E-state index >= 15 is 0 Å². The van der Waals surface area contributed by atoms with E-state index in [1.165, 1.54) is 5.56 Å². The molecule has 3 rings (SSSR count). The SMILES string of the molecule is CNc1ccc2cnc(-c3cccc(C)c3)n2c1. The Labute approximate surface area is 106 Å². The van der Waals surface area contributed by atoms with Crippen molar-refractivity contribution < 1.29 is 0 Å². The average molecular weight is 237 g/mol. The van der Waals surface area contributed by atoms with Gasteiger partial charge in [0.25, 0.3) is 0 Å². The Kier molecular flexibility index (Phi) is 2.52. The Morgan fingerprint density at radius 3 is 2.83 bits per heavy atom. The van der Waals surface area contributed by atoms with E-state index in [0.717, 1.165) is 22.6 Å². The zero-order chi connectivity index (χ0) is 12.5. The fourth-order valence-electron chi connectivity index (χ4n) is 2.14. The van der Waals surface area contributed by atoms with Gasteiger partial charge in [-0.3, -0.25) is 4.40 Å². The molecule has 0 saturated carbocycles. The van der Waals surface area contributed by atoms with E-state index in [-0.39, 0.29) is 0 Å². The predicted octanol–water partition coefficient (Wildman–Crippen LogP) is 3.35. The van der Waals surface area contributed by atoms with Crippen molar-refractivity contribution in [3.05, 3.63) is 54.4 Å². The third-order valence-electron chi connectivity index (χ3n) is 3.09. The number of anilines is 1. The topological polar surface area (TPSA) is 29.3 Å². The third-order valence-corrected chi connectivity index (χ3v) is 3.09. The van der Waals surface area contributed by atoms with E-state index in [9.17, 15) is 0 Å². The van der Waals surface area contributed by atoms with Gasteiger partial charge in [-0.05, 0) is 25.1 Å². The van der Waals surface area contributed by atoms with Gasteiger partial charge in [-0.2, -0.15) is 0 Å². The molecule has 90 valence electrons. The number of benzene rings is 1. The van der Waals surface area contributed by atoms with Crippen LogP contribution in [-0.4, -0.2) is 16.4 Å². The number of imidazole rings is 1. The summed E-state index contributed by atoms with van der Waals surface area (Å²) >= 11 is 0. The molecule has 2 heterocycles. The molecule has 3 aromatic rings. The summed E-state index contributed by atoms with van der Waals surface area (Å²) in [5.74, 6) is 0.978. The minimum absolute atomic E-state index is 0.978. The van der Waals surface area contributed by atoms with Crippen LogP contribution < -0.4 is 5.32 Å². The number of aromatic nitrogens is 2. The van der Waals surface area contributed by atoms with Crippen LogP contribution in [0.25, 0.3) is 16.9 Å². The maximum absolute atomic E-state index is 4.52. The first-order valence-electron chi connectivity index (χ1n) is 6.00. The number of nitrogens with zero attached hydrogens (tertiary/aromatic N) is 2. The highest BCUT2D eigenvalue weighted by Crippen LogP contribution is 2.22. The first-order chi connectivity index (χ1) is 8.78. The standard InChI is InChI=1S/C15H15N3/c1-11-4-3-5-12(8-11)15-17-9-14-7-6-13(16-2)10-18(14)15/h3-10,16H,1-2H3. The maximum Gasteiger partial charge on any atom is 0.144 e. The fourth-order valence-corrected chi connectivity index (χ4v) is 2.14. The number of rotatable bonds is 2. The van der Waals surface area contributed by atoms with Crippen LogP contribution in [0.3, 0.4) is 0 Å².